The van der Waals surface area contributed by atoms with Crippen LogP contribution < -0.4 is 5.32 Å². The molecular formula is C8H11N3. The highest BCUT2D eigenvalue weighted by Gasteiger charge is 2.16. The van der Waals surface area contributed by atoms with Crippen molar-refractivity contribution in [2.24, 2.45) is 0 Å². The Labute approximate surface area is 65.8 Å². The van der Waals surface area contributed by atoms with Crippen LogP contribution in [-0.4, -0.2) is 16.7 Å². The van der Waals surface area contributed by atoms with Crippen molar-refractivity contribution < 1.29 is 0 Å². The van der Waals surface area contributed by atoms with Gasteiger partial charge in [-0.15, -0.1) is 0 Å². The van der Waals surface area contributed by atoms with Gasteiger partial charge in [0.1, 0.15) is 0 Å². The van der Waals surface area contributed by atoms with E-state index in [-0.39, 0.29) is 0 Å². The van der Waals surface area contributed by atoms with Gasteiger partial charge in [0.2, 0.25) is 0 Å². The van der Waals surface area contributed by atoms with Crippen molar-refractivity contribution in [3.8, 4) is 0 Å². The van der Waals surface area contributed by atoms with Gasteiger partial charge >= 0.3 is 0 Å². The second-order valence-corrected chi connectivity index (χ2v) is 2.80. The normalized spacial score (nSPS) is 23.8. The lowest BCUT2D eigenvalue weighted by Crippen LogP contribution is -2.14. The lowest BCUT2D eigenvalue weighted by molar-refractivity contribution is 0.616. The molecule has 11 heavy (non-hydrogen) atoms. The topological polar surface area (TPSA) is 37.8 Å². The maximum atomic E-state index is 4.05. The first-order valence-electron chi connectivity index (χ1n) is 3.98. The largest absolute Gasteiger partial charge is 0.309 e. The first-order chi connectivity index (χ1) is 5.47. The Morgan fingerprint density at radius 2 is 2.55 bits per heavy atom. The molecule has 0 aromatic carbocycles. The third-order valence-electron chi connectivity index (χ3n) is 2.01. The van der Waals surface area contributed by atoms with Gasteiger partial charge in [0, 0.05) is 6.20 Å². The molecule has 2 rings (SSSR count). The summed E-state index contributed by atoms with van der Waals surface area (Å²) in [5.74, 6) is 0. The van der Waals surface area contributed by atoms with Gasteiger partial charge in [-0.25, -0.2) is 0 Å². The summed E-state index contributed by atoms with van der Waals surface area (Å²) in [6, 6.07) is 4.40. The predicted molar refractivity (Wildman–Crippen MR) is 42.0 cm³/mol. The van der Waals surface area contributed by atoms with E-state index in [1.54, 1.807) is 6.20 Å². The van der Waals surface area contributed by atoms with Crippen LogP contribution in [0.3, 0.4) is 0 Å². The van der Waals surface area contributed by atoms with Gasteiger partial charge in [0.15, 0.2) is 0 Å². The molecule has 2 heterocycles. The Hall–Kier alpha value is -0.960. The van der Waals surface area contributed by atoms with Crippen LogP contribution in [0.4, 0.5) is 0 Å². The molecular weight excluding hydrogens is 138 g/mol. The average molecular weight is 149 g/mol. The summed E-state index contributed by atoms with van der Waals surface area (Å²) in [6.45, 7) is 1.11. The quantitative estimate of drug-likeness (QED) is 0.644. The van der Waals surface area contributed by atoms with E-state index >= 15 is 0 Å². The highest BCUT2D eigenvalue weighted by atomic mass is 15.1. The van der Waals surface area contributed by atoms with E-state index in [0.29, 0.717) is 6.04 Å². The third-order valence-corrected chi connectivity index (χ3v) is 2.01. The van der Waals surface area contributed by atoms with Crippen molar-refractivity contribution in [1.82, 2.24) is 15.5 Å². The summed E-state index contributed by atoms with van der Waals surface area (Å²) in [5.41, 5.74) is 1.07. The molecule has 1 N–H and O–H groups in total. The second kappa shape index (κ2) is 2.96. The Morgan fingerprint density at radius 1 is 1.55 bits per heavy atom. The van der Waals surface area contributed by atoms with Crippen LogP contribution in [0.1, 0.15) is 24.6 Å². The highest BCUT2D eigenvalue weighted by molar-refractivity contribution is 5.06. The van der Waals surface area contributed by atoms with Gasteiger partial charge < -0.3 is 5.32 Å². The SMILES string of the molecule is c1cnnc([C@@H]2CCCN2)c1. The van der Waals surface area contributed by atoms with Crippen LogP contribution in [0.5, 0.6) is 0 Å². The fourth-order valence-corrected chi connectivity index (χ4v) is 1.44. The van der Waals surface area contributed by atoms with Gasteiger partial charge in [0.25, 0.3) is 0 Å². The van der Waals surface area contributed by atoms with Crippen molar-refractivity contribution in [2.75, 3.05) is 6.54 Å². The lowest BCUT2D eigenvalue weighted by Gasteiger charge is -2.06. The minimum atomic E-state index is 0.448. The van der Waals surface area contributed by atoms with E-state index in [2.05, 4.69) is 15.5 Å². The molecule has 3 nitrogen and oxygen atoms in total. The molecule has 1 aliphatic heterocycles. The molecule has 3 heteroatoms. The summed E-state index contributed by atoms with van der Waals surface area (Å²) in [5, 5.41) is 11.3. The first-order valence-corrected chi connectivity index (χ1v) is 3.98. The van der Waals surface area contributed by atoms with E-state index in [9.17, 15) is 0 Å². The number of rotatable bonds is 1. The number of nitrogens with one attached hydrogen (secondary N) is 1. The number of hydrogen-bond donors (Lipinski definition) is 1. The zero-order chi connectivity index (χ0) is 7.52. The number of hydrogen-bond acceptors (Lipinski definition) is 3. The van der Waals surface area contributed by atoms with Crippen molar-refractivity contribution in [1.29, 1.82) is 0 Å². The Balaban J connectivity index is 2.16. The van der Waals surface area contributed by atoms with E-state index < -0.39 is 0 Å². The standard InChI is InChI=1S/C8H11N3/c1-3-7(9-5-1)8-4-2-6-10-11-8/h2,4,6-7,9H,1,3,5H2/t7-/m0/s1. The minimum Gasteiger partial charge on any atom is -0.309 e. The molecule has 1 aromatic heterocycles. The highest BCUT2D eigenvalue weighted by Crippen LogP contribution is 2.19. The molecule has 0 radical (unpaired) electrons. The lowest BCUT2D eigenvalue weighted by atomic mass is 10.1. The molecule has 0 saturated carbocycles. The Kier molecular flexibility index (Phi) is 1.81. The third kappa shape index (κ3) is 1.38. The van der Waals surface area contributed by atoms with Crippen molar-refractivity contribution in [2.45, 2.75) is 18.9 Å². The van der Waals surface area contributed by atoms with E-state index in [1.165, 1.54) is 12.8 Å². The van der Waals surface area contributed by atoms with Crippen molar-refractivity contribution >= 4 is 0 Å². The predicted octanol–water partition coefficient (Wildman–Crippen LogP) is 0.901. The van der Waals surface area contributed by atoms with E-state index in [1.807, 2.05) is 12.1 Å². The molecule has 0 unspecified atom stereocenters. The van der Waals surface area contributed by atoms with Crippen LogP contribution in [-0.2, 0) is 0 Å². The fraction of sp³-hybridized carbons (Fsp3) is 0.500. The van der Waals surface area contributed by atoms with Crippen molar-refractivity contribution in [3.63, 3.8) is 0 Å². The molecule has 1 atom stereocenters. The van der Waals surface area contributed by atoms with Gasteiger partial charge in [-0.05, 0) is 31.5 Å². The summed E-state index contributed by atoms with van der Waals surface area (Å²) >= 11 is 0. The van der Waals surface area contributed by atoms with Crippen LogP contribution in [0, 0.1) is 0 Å². The molecule has 1 aliphatic rings. The van der Waals surface area contributed by atoms with Crippen LogP contribution in [0.25, 0.3) is 0 Å². The number of nitrogens with zero attached hydrogens (tertiary/aromatic N) is 2. The van der Waals surface area contributed by atoms with E-state index in [0.717, 1.165) is 12.2 Å². The zero-order valence-corrected chi connectivity index (χ0v) is 6.33. The Morgan fingerprint density at radius 3 is 3.18 bits per heavy atom. The maximum absolute atomic E-state index is 4.05. The summed E-state index contributed by atoms with van der Waals surface area (Å²) < 4.78 is 0. The van der Waals surface area contributed by atoms with Crippen LogP contribution >= 0.6 is 0 Å². The molecule has 0 aliphatic carbocycles. The number of aromatic nitrogens is 2. The van der Waals surface area contributed by atoms with Crippen LogP contribution in [0.15, 0.2) is 18.3 Å². The van der Waals surface area contributed by atoms with E-state index in [4.69, 9.17) is 0 Å². The van der Waals surface area contributed by atoms with Gasteiger partial charge in [0.05, 0.1) is 11.7 Å². The van der Waals surface area contributed by atoms with Crippen molar-refractivity contribution in [3.05, 3.63) is 24.0 Å². The van der Waals surface area contributed by atoms with Gasteiger partial charge in [-0.3, -0.25) is 0 Å². The summed E-state index contributed by atoms with van der Waals surface area (Å²) in [4.78, 5) is 0. The molecule has 0 bridgehead atoms. The Bertz CT molecular complexity index is 216. The minimum absolute atomic E-state index is 0.448. The average Bonchev–Trinajstić information content (AvgIpc) is 2.58. The summed E-state index contributed by atoms with van der Waals surface area (Å²) in [7, 11) is 0. The molecule has 0 spiro atoms. The molecule has 1 aromatic rings. The van der Waals surface area contributed by atoms with Gasteiger partial charge in [-0.2, -0.15) is 10.2 Å². The second-order valence-electron chi connectivity index (χ2n) is 2.80. The fourth-order valence-electron chi connectivity index (χ4n) is 1.44. The van der Waals surface area contributed by atoms with Crippen LogP contribution in [0.2, 0.25) is 0 Å². The maximum Gasteiger partial charge on any atom is 0.0800 e. The molecule has 0 amide bonds. The molecule has 1 fully saturated rings. The monoisotopic (exact) mass is 149 g/mol. The zero-order valence-electron chi connectivity index (χ0n) is 6.33. The van der Waals surface area contributed by atoms with Gasteiger partial charge in [-0.1, -0.05) is 0 Å². The smallest absolute Gasteiger partial charge is 0.0800 e. The molecule has 58 valence electrons. The first kappa shape index (κ1) is 6.73. The summed E-state index contributed by atoms with van der Waals surface area (Å²) in [6.07, 6.45) is 4.15. The molecule has 1 saturated heterocycles.